The Morgan fingerprint density at radius 2 is 2.33 bits per heavy atom. The first-order valence-electron chi connectivity index (χ1n) is 4.84. The highest BCUT2D eigenvalue weighted by Gasteiger charge is 2.04. The topological polar surface area (TPSA) is 28.7 Å². The molecule has 2 nitrogen and oxygen atoms in total. The Morgan fingerprint density at radius 1 is 1.50 bits per heavy atom. The second-order valence-electron chi connectivity index (χ2n) is 3.41. The van der Waals surface area contributed by atoms with Crippen molar-refractivity contribution in [2.45, 2.75) is 45.4 Å². The first-order valence-corrected chi connectivity index (χ1v) is 4.84. The third-order valence-electron chi connectivity index (χ3n) is 2.29. The van der Waals surface area contributed by atoms with Gasteiger partial charge in [0.15, 0.2) is 0 Å². The Morgan fingerprint density at radius 3 is 2.92 bits per heavy atom. The first kappa shape index (κ1) is 9.30. The summed E-state index contributed by atoms with van der Waals surface area (Å²) >= 11 is 0. The van der Waals surface area contributed by atoms with Crippen LogP contribution in [0.15, 0.2) is 12.3 Å². The van der Waals surface area contributed by atoms with Gasteiger partial charge < -0.3 is 0 Å². The minimum Gasteiger partial charge on any atom is -0.282 e. The van der Waals surface area contributed by atoms with Crippen LogP contribution in [-0.2, 0) is 0 Å². The average molecular weight is 166 g/mol. The van der Waals surface area contributed by atoms with E-state index in [0.29, 0.717) is 5.92 Å². The Kier molecular flexibility index (Phi) is 3.85. The van der Waals surface area contributed by atoms with Gasteiger partial charge in [0, 0.05) is 11.9 Å². The molecule has 1 N–H and O–H groups in total. The Labute approximate surface area is 74.4 Å². The third-order valence-corrected chi connectivity index (χ3v) is 2.29. The van der Waals surface area contributed by atoms with Crippen LogP contribution in [-0.4, -0.2) is 10.2 Å². The van der Waals surface area contributed by atoms with Crippen molar-refractivity contribution in [3.8, 4) is 0 Å². The number of hydrogen-bond acceptors (Lipinski definition) is 1. The Bertz CT molecular complexity index is 192. The van der Waals surface area contributed by atoms with Crippen LogP contribution >= 0.6 is 0 Å². The zero-order valence-electron chi connectivity index (χ0n) is 8.01. The van der Waals surface area contributed by atoms with Crippen molar-refractivity contribution in [3.05, 3.63) is 18.0 Å². The summed E-state index contributed by atoms with van der Waals surface area (Å²) in [6.45, 7) is 4.49. The fourth-order valence-corrected chi connectivity index (χ4v) is 1.40. The fraction of sp³-hybridized carbons (Fsp3) is 0.700. The highest BCUT2D eigenvalue weighted by atomic mass is 15.1. The van der Waals surface area contributed by atoms with Gasteiger partial charge >= 0.3 is 0 Å². The van der Waals surface area contributed by atoms with Gasteiger partial charge in [-0.2, -0.15) is 5.10 Å². The number of rotatable bonds is 5. The van der Waals surface area contributed by atoms with Crippen LogP contribution in [0, 0.1) is 0 Å². The molecule has 1 aromatic rings. The van der Waals surface area contributed by atoms with Gasteiger partial charge in [0.1, 0.15) is 0 Å². The van der Waals surface area contributed by atoms with Crippen LogP contribution in [0.3, 0.4) is 0 Å². The molecule has 2 heteroatoms. The van der Waals surface area contributed by atoms with E-state index in [4.69, 9.17) is 0 Å². The maximum Gasteiger partial charge on any atom is 0.0490 e. The molecule has 0 aliphatic heterocycles. The second-order valence-corrected chi connectivity index (χ2v) is 3.41. The molecule has 0 saturated carbocycles. The van der Waals surface area contributed by atoms with Crippen molar-refractivity contribution in [3.63, 3.8) is 0 Å². The summed E-state index contributed by atoms with van der Waals surface area (Å²) in [5.74, 6) is 0.638. The van der Waals surface area contributed by atoms with Gasteiger partial charge in [0.25, 0.3) is 0 Å². The van der Waals surface area contributed by atoms with E-state index in [1.165, 1.54) is 31.4 Å². The monoisotopic (exact) mass is 166 g/mol. The minimum absolute atomic E-state index is 0.638. The number of unbranched alkanes of at least 4 members (excludes halogenated alkanes) is 2. The van der Waals surface area contributed by atoms with E-state index < -0.39 is 0 Å². The number of aromatic nitrogens is 2. The molecule has 68 valence electrons. The van der Waals surface area contributed by atoms with E-state index in [9.17, 15) is 0 Å². The zero-order valence-corrected chi connectivity index (χ0v) is 8.01. The molecule has 0 bridgehead atoms. The molecular formula is C10H18N2. The third kappa shape index (κ3) is 2.68. The minimum atomic E-state index is 0.638. The lowest BCUT2D eigenvalue weighted by Crippen LogP contribution is -1.93. The fourth-order valence-electron chi connectivity index (χ4n) is 1.40. The van der Waals surface area contributed by atoms with Crippen molar-refractivity contribution in [2.75, 3.05) is 0 Å². The summed E-state index contributed by atoms with van der Waals surface area (Å²) in [7, 11) is 0. The van der Waals surface area contributed by atoms with Crippen LogP contribution in [0.25, 0.3) is 0 Å². The molecule has 0 fully saturated rings. The van der Waals surface area contributed by atoms with Gasteiger partial charge in [0.05, 0.1) is 0 Å². The van der Waals surface area contributed by atoms with Crippen molar-refractivity contribution >= 4 is 0 Å². The largest absolute Gasteiger partial charge is 0.282 e. The normalized spacial score (nSPS) is 13.2. The van der Waals surface area contributed by atoms with Crippen molar-refractivity contribution in [2.24, 2.45) is 0 Å². The van der Waals surface area contributed by atoms with E-state index in [-0.39, 0.29) is 0 Å². The summed E-state index contributed by atoms with van der Waals surface area (Å²) in [5.41, 5.74) is 1.27. The van der Waals surface area contributed by atoms with Gasteiger partial charge in [0.2, 0.25) is 0 Å². The Balaban J connectivity index is 2.25. The molecule has 0 aliphatic carbocycles. The molecule has 0 spiro atoms. The van der Waals surface area contributed by atoms with Crippen LogP contribution in [0.2, 0.25) is 0 Å². The average Bonchev–Trinajstić information content (AvgIpc) is 2.56. The lowest BCUT2D eigenvalue weighted by Gasteiger charge is -2.07. The van der Waals surface area contributed by atoms with E-state index in [2.05, 4.69) is 30.1 Å². The van der Waals surface area contributed by atoms with Crippen LogP contribution in [0.1, 0.15) is 51.1 Å². The smallest absolute Gasteiger partial charge is 0.0490 e. The van der Waals surface area contributed by atoms with Crippen molar-refractivity contribution in [1.82, 2.24) is 10.2 Å². The second kappa shape index (κ2) is 4.96. The predicted molar refractivity (Wildman–Crippen MR) is 51.1 cm³/mol. The SMILES string of the molecule is CCCCCC(C)c1ccn[nH]1. The summed E-state index contributed by atoms with van der Waals surface area (Å²) in [5, 5.41) is 6.96. The van der Waals surface area contributed by atoms with Crippen molar-refractivity contribution in [1.29, 1.82) is 0 Å². The number of H-pyrrole nitrogens is 1. The maximum atomic E-state index is 3.95. The molecule has 0 amide bonds. The predicted octanol–water partition coefficient (Wildman–Crippen LogP) is 3.09. The lowest BCUT2D eigenvalue weighted by atomic mass is 10.0. The molecular weight excluding hydrogens is 148 g/mol. The quantitative estimate of drug-likeness (QED) is 0.669. The van der Waals surface area contributed by atoms with Gasteiger partial charge in [-0.25, -0.2) is 0 Å². The zero-order chi connectivity index (χ0) is 8.81. The highest BCUT2D eigenvalue weighted by molar-refractivity contribution is 5.03. The number of hydrogen-bond donors (Lipinski definition) is 1. The maximum absolute atomic E-state index is 3.95. The van der Waals surface area contributed by atoms with Gasteiger partial charge in [-0.1, -0.05) is 33.1 Å². The molecule has 1 rings (SSSR count). The standard InChI is InChI=1S/C10H18N2/c1-3-4-5-6-9(2)10-7-8-11-12-10/h7-9H,3-6H2,1-2H3,(H,11,12). The van der Waals surface area contributed by atoms with Gasteiger partial charge in [-0.15, -0.1) is 0 Å². The molecule has 1 aromatic heterocycles. The highest BCUT2D eigenvalue weighted by Crippen LogP contribution is 2.18. The van der Waals surface area contributed by atoms with E-state index in [1.54, 1.807) is 0 Å². The summed E-state index contributed by atoms with van der Waals surface area (Å²) in [4.78, 5) is 0. The molecule has 1 unspecified atom stereocenters. The molecule has 1 atom stereocenters. The molecule has 0 aliphatic rings. The van der Waals surface area contributed by atoms with Crippen LogP contribution in [0.4, 0.5) is 0 Å². The number of aromatic amines is 1. The van der Waals surface area contributed by atoms with E-state index >= 15 is 0 Å². The van der Waals surface area contributed by atoms with E-state index in [0.717, 1.165) is 0 Å². The lowest BCUT2D eigenvalue weighted by molar-refractivity contribution is 0.587. The number of nitrogens with one attached hydrogen (secondary N) is 1. The Hall–Kier alpha value is -0.790. The summed E-state index contributed by atoms with van der Waals surface area (Å²) < 4.78 is 0. The van der Waals surface area contributed by atoms with Crippen LogP contribution < -0.4 is 0 Å². The van der Waals surface area contributed by atoms with E-state index in [1.807, 2.05) is 6.20 Å². The molecule has 0 aromatic carbocycles. The van der Waals surface area contributed by atoms with Crippen molar-refractivity contribution < 1.29 is 0 Å². The van der Waals surface area contributed by atoms with Gasteiger partial charge in [-0.05, 0) is 18.4 Å². The number of nitrogens with zero attached hydrogens (tertiary/aromatic N) is 1. The van der Waals surface area contributed by atoms with Gasteiger partial charge in [-0.3, -0.25) is 5.10 Å². The summed E-state index contributed by atoms with van der Waals surface area (Å²) in [6.07, 6.45) is 7.08. The molecule has 0 radical (unpaired) electrons. The molecule has 12 heavy (non-hydrogen) atoms. The summed E-state index contributed by atoms with van der Waals surface area (Å²) in [6, 6.07) is 2.07. The molecule has 0 saturated heterocycles. The first-order chi connectivity index (χ1) is 5.84. The molecule has 1 heterocycles. The van der Waals surface area contributed by atoms with Crippen LogP contribution in [0.5, 0.6) is 0 Å².